The topological polar surface area (TPSA) is 74.2 Å². The first-order valence-corrected chi connectivity index (χ1v) is 9.96. The average molecular weight is 390 g/mol. The van der Waals surface area contributed by atoms with E-state index in [1.165, 1.54) is 0 Å². The molecule has 29 heavy (non-hydrogen) atoms. The minimum Gasteiger partial charge on any atom is -0.378 e. The second-order valence-corrected chi connectivity index (χ2v) is 7.66. The number of anilines is 2. The number of amides is 1. The Labute approximate surface area is 170 Å². The highest BCUT2D eigenvalue weighted by molar-refractivity contribution is 5.80. The molecule has 0 radical (unpaired) electrons. The van der Waals surface area contributed by atoms with Gasteiger partial charge in [-0.2, -0.15) is 0 Å². The van der Waals surface area contributed by atoms with Crippen LogP contribution in [0.15, 0.2) is 48.9 Å². The first-order chi connectivity index (χ1) is 14.1. The van der Waals surface area contributed by atoms with Gasteiger partial charge in [0.05, 0.1) is 17.8 Å². The lowest BCUT2D eigenvalue weighted by Crippen LogP contribution is -2.43. The molecule has 4 rings (SSSR count). The summed E-state index contributed by atoms with van der Waals surface area (Å²) in [6.45, 7) is 2.16. The van der Waals surface area contributed by atoms with E-state index < -0.39 is 0 Å². The Morgan fingerprint density at radius 3 is 2.76 bits per heavy atom. The number of nitrogens with zero attached hydrogens (tertiary/aromatic N) is 5. The van der Waals surface area contributed by atoms with E-state index in [0.29, 0.717) is 18.7 Å². The first kappa shape index (κ1) is 19.1. The van der Waals surface area contributed by atoms with E-state index >= 15 is 0 Å². The predicted octanol–water partition coefficient (Wildman–Crippen LogP) is 2.62. The number of nitrogens with one attached hydrogen (secondary N) is 1. The van der Waals surface area contributed by atoms with Crippen molar-refractivity contribution in [2.45, 2.75) is 19.4 Å². The van der Waals surface area contributed by atoms with E-state index in [2.05, 4.69) is 54.3 Å². The molecule has 1 aromatic carbocycles. The summed E-state index contributed by atoms with van der Waals surface area (Å²) in [5.41, 5.74) is 4.67. The van der Waals surface area contributed by atoms with Gasteiger partial charge in [-0.15, -0.1) is 0 Å². The van der Waals surface area contributed by atoms with Crippen molar-refractivity contribution in [3.8, 4) is 0 Å². The van der Waals surface area contributed by atoms with Crippen LogP contribution in [0, 0.1) is 5.92 Å². The number of hydrogen-bond acceptors (Lipinski definition) is 6. The number of pyridine rings is 1. The van der Waals surface area contributed by atoms with Crippen molar-refractivity contribution < 1.29 is 4.79 Å². The third-order valence-corrected chi connectivity index (χ3v) is 5.39. The fourth-order valence-corrected chi connectivity index (χ4v) is 3.69. The Kier molecular flexibility index (Phi) is 5.55. The number of aromatic nitrogens is 3. The van der Waals surface area contributed by atoms with Gasteiger partial charge in [0.25, 0.3) is 0 Å². The van der Waals surface area contributed by atoms with E-state index in [1.54, 1.807) is 12.4 Å². The van der Waals surface area contributed by atoms with Crippen molar-refractivity contribution in [1.29, 1.82) is 0 Å². The fraction of sp³-hybridized carbons (Fsp3) is 0.364. The summed E-state index contributed by atoms with van der Waals surface area (Å²) in [7, 11) is 4.03. The van der Waals surface area contributed by atoms with Crippen LogP contribution in [0.4, 0.5) is 11.4 Å². The molecular weight excluding hydrogens is 364 g/mol. The summed E-state index contributed by atoms with van der Waals surface area (Å²) in [5.74, 6) is 0.0854. The van der Waals surface area contributed by atoms with Crippen molar-refractivity contribution in [3.05, 3.63) is 54.5 Å². The largest absolute Gasteiger partial charge is 0.378 e. The molecule has 1 atom stereocenters. The maximum atomic E-state index is 12.8. The second-order valence-electron chi connectivity index (χ2n) is 7.66. The zero-order valence-electron chi connectivity index (χ0n) is 16.9. The van der Waals surface area contributed by atoms with Gasteiger partial charge in [0.15, 0.2) is 5.65 Å². The maximum Gasteiger partial charge on any atom is 0.225 e. The van der Waals surface area contributed by atoms with Crippen LogP contribution in [0.25, 0.3) is 11.2 Å². The lowest BCUT2D eigenvalue weighted by molar-refractivity contribution is -0.125. The summed E-state index contributed by atoms with van der Waals surface area (Å²) in [6, 6.07) is 10.3. The zero-order chi connectivity index (χ0) is 20.2. The lowest BCUT2D eigenvalue weighted by Gasteiger charge is -2.33. The molecule has 3 heterocycles. The summed E-state index contributed by atoms with van der Waals surface area (Å²) >= 11 is 0. The molecule has 1 aliphatic rings. The summed E-state index contributed by atoms with van der Waals surface area (Å²) < 4.78 is 0. The zero-order valence-corrected chi connectivity index (χ0v) is 16.9. The van der Waals surface area contributed by atoms with Crippen LogP contribution in [0.3, 0.4) is 0 Å². The van der Waals surface area contributed by atoms with E-state index in [0.717, 1.165) is 41.8 Å². The van der Waals surface area contributed by atoms with Crippen LogP contribution in [0.2, 0.25) is 0 Å². The van der Waals surface area contributed by atoms with Crippen LogP contribution in [0.5, 0.6) is 0 Å². The number of piperidine rings is 1. The smallest absolute Gasteiger partial charge is 0.225 e. The molecule has 150 valence electrons. The van der Waals surface area contributed by atoms with Gasteiger partial charge in [0.2, 0.25) is 5.91 Å². The molecule has 1 N–H and O–H groups in total. The molecule has 7 nitrogen and oxygen atoms in total. The Morgan fingerprint density at radius 1 is 1.17 bits per heavy atom. The van der Waals surface area contributed by atoms with Crippen molar-refractivity contribution in [2.75, 3.05) is 37.0 Å². The molecule has 1 amide bonds. The second kappa shape index (κ2) is 8.43. The van der Waals surface area contributed by atoms with Crippen LogP contribution in [-0.4, -0.2) is 48.0 Å². The van der Waals surface area contributed by atoms with Crippen molar-refractivity contribution >= 4 is 28.4 Å². The number of carbonyl (C=O) groups is 1. The standard InChI is InChI=1S/C22H26N6O/c1-27(2)18-7-5-16(6-8-18)13-26-22(29)17-4-3-11-28(15-17)19-12-20-21(25-14-19)24-10-9-23-20/h5-10,12,14,17H,3-4,11,13,15H2,1-2H3,(H,26,29). The van der Waals surface area contributed by atoms with Gasteiger partial charge in [0, 0.05) is 51.8 Å². The molecule has 0 aliphatic carbocycles. The fourth-order valence-electron chi connectivity index (χ4n) is 3.69. The highest BCUT2D eigenvalue weighted by Gasteiger charge is 2.26. The molecule has 1 aliphatic heterocycles. The Hall–Kier alpha value is -3.22. The van der Waals surface area contributed by atoms with Gasteiger partial charge < -0.3 is 15.1 Å². The number of fused-ring (bicyclic) bond motifs is 1. The number of hydrogen-bond donors (Lipinski definition) is 1. The van der Waals surface area contributed by atoms with Gasteiger partial charge in [-0.25, -0.2) is 9.97 Å². The Balaban J connectivity index is 1.37. The molecule has 1 fully saturated rings. The minimum atomic E-state index is -0.0256. The van der Waals surface area contributed by atoms with Gasteiger partial charge in [-0.05, 0) is 36.6 Å². The predicted molar refractivity (Wildman–Crippen MR) is 115 cm³/mol. The molecule has 2 aromatic heterocycles. The maximum absolute atomic E-state index is 12.8. The van der Waals surface area contributed by atoms with E-state index in [9.17, 15) is 4.79 Å². The Bertz CT molecular complexity index is 988. The van der Waals surface area contributed by atoms with Gasteiger partial charge in [-0.3, -0.25) is 9.78 Å². The summed E-state index contributed by atoms with van der Waals surface area (Å²) in [4.78, 5) is 30.0. The van der Waals surface area contributed by atoms with Crippen LogP contribution < -0.4 is 15.1 Å². The lowest BCUT2D eigenvalue weighted by atomic mass is 9.96. The molecule has 0 spiro atoms. The molecule has 7 heteroatoms. The van der Waals surface area contributed by atoms with Gasteiger partial charge in [0.1, 0.15) is 5.52 Å². The molecular formula is C22H26N6O. The van der Waals surface area contributed by atoms with Gasteiger partial charge >= 0.3 is 0 Å². The summed E-state index contributed by atoms with van der Waals surface area (Å²) in [5, 5.41) is 3.10. The molecule has 0 saturated carbocycles. The summed E-state index contributed by atoms with van der Waals surface area (Å²) in [6.07, 6.45) is 7.02. The van der Waals surface area contributed by atoms with Crippen molar-refractivity contribution in [3.63, 3.8) is 0 Å². The molecule has 3 aromatic rings. The number of rotatable bonds is 5. The molecule has 1 unspecified atom stereocenters. The van der Waals surface area contributed by atoms with Crippen LogP contribution in [0.1, 0.15) is 18.4 Å². The molecule has 0 bridgehead atoms. The third kappa shape index (κ3) is 4.45. The van der Waals surface area contributed by atoms with Crippen LogP contribution in [-0.2, 0) is 11.3 Å². The van der Waals surface area contributed by atoms with Crippen molar-refractivity contribution in [2.24, 2.45) is 5.92 Å². The average Bonchev–Trinajstić information content (AvgIpc) is 2.77. The minimum absolute atomic E-state index is 0.0256. The quantitative estimate of drug-likeness (QED) is 0.722. The number of carbonyl (C=O) groups excluding carboxylic acids is 1. The van der Waals surface area contributed by atoms with E-state index in [-0.39, 0.29) is 11.8 Å². The highest BCUT2D eigenvalue weighted by Crippen LogP contribution is 2.24. The van der Waals surface area contributed by atoms with Crippen LogP contribution >= 0.6 is 0 Å². The SMILES string of the molecule is CN(C)c1ccc(CNC(=O)C2CCCN(c3cnc4nccnc4c3)C2)cc1. The van der Waals surface area contributed by atoms with Gasteiger partial charge in [-0.1, -0.05) is 12.1 Å². The number of benzene rings is 1. The first-order valence-electron chi connectivity index (χ1n) is 9.96. The highest BCUT2D eigenvalue weighted by atomic mass is 16.1. The normalized spacial score (nSPS) is 16.6. The van der Waals surface area contributed by atoms with E-state index in [1.807, 2.05) is 26.4 Å². The monoisotopic (exact) mass is 390 g/mol. The Morgan fingerprint density at radius 2 is 1.97 bits per heavy atom. The van der Waals surface area contributed by atoms with E-state index in [4.69, 9.17) is 0 Å². The van der Waals surface area contributed by atoms with Crippen molar-refractivity contribution in [1.82, 2.24) is 20.3 Å². The molecule has 1 saturated heterocycles. The third-order valence-electron chi connectivity index (χ3n) is 5.39.